The predicted octanol–water partition coefficient (Wildman–Crippen LogP) is 3.37. The molecule has 1 amide bonds. The molecular weight excluding hydrogens is 488 g/mol. The standard InChI is InChI=1S/C28H30N4O6/c1-37-25-9-6-18(13-26(25)38-2)10-11-29-28(34)20-7-8-23(24(14-20)32(35)36)30-15-19-12-21(17-30)22-4-3-5-27(33)31(22)16-19/h3-9,13-14,19,21H,10-12,15-17H2,1-2H3,(H,29,34)/t19-,21+/m1/s1. The van der Waals surface area contributed by atoms with Crippen molar-refractivity contribution in [3.63, 3.8) is 0 Å². The van der Waals surface area contributed by atoms with Crippen molar-refractivity contribution in [1.82, 2.24) is 9.88 Å². The molecule has 10 nitrogen and oxygen atoms in total. The van der Waals surface area contributed by atoms with Gasteiger partial charge in [-0.05, 0) is 54.7 Å². The van der Waals surface area contributed by atoms with Crippen molar-refractivity contribution in [2.24, 2.45) is 5.92 Å². The molecule has 198 valence electrons. The van der Waals surface area contributed by atoms with Gasteiger partial charge in [0.1, 0.15) is 5.69 Å². The second-order valence-electron chi connectivity index (χ2n) is 9.76. The molecule has 0 unspecified atom stereocenters. The molecule has 2 aliphatic heterocycles. The first-order valence-electron chi connectivity index (χ1n) is 12.6. The number of nitrogens with one attached hydrogen (secondary N) is 1. The molecule has 1 fully saturated rings. The summed E-state index contributed by atoms with van der Waals surface area (Å²) < 4.78 is 12.4. The summed E-state index contributed by atoms with van der Waals surface area (Å²) in [5.74, 6) is 1.21. The number of aromatic nitrogens is 1. The SMILES string of the molecule is COc1ccc(CCNC(=O)c2ccc(N3C[C@H]4C[C@@H](C3)c3cccc(=O)n3C4)c([N+](=O)[O-])c2)cc1OC. The number of nitrogens with zero attached hydrogens (tertiary/aromatic N) is 3. The summed E-state index contributed by atoms with van der Waals surface area (Å²) in [4.78, 5) is 38.8. The van der Waals surface area contributed by atoms with Gasteiger partial charge in [0.15, 0.2) is 11.5 Å². The maximum Gasteiger partial charge on any atom is 0.293 e. The molecular formula is C28H30N4O6. The number of fused-ring (bicyclic) bond motifs is 4. The molecule has 38 heavy (non-hydrogen) atoms. The third kappa shape index (κ3) is 4.93. The van der Waals surface area contributed by atoms with E-state index >= 15 is 0 Å². The first-order chi connectivity index (χ1) is 18.4. The Kier molecular flexibility index (Phi) is 7.04. The fourth-order valence-electron chi connectivity index (χ4n) is 5.63. The van der Waals surface area contributed by atoms with Crippen LogP contribution in [-0.2, 0) is 13.0 Å². The van der Waals surface area contributed by atoms with Crippen LogP contribution in [0.3, 0.4) is 0 Å². The fraction of sp³-hybridized carbons (Fsp3) is 0.357. The van der Waals surface area contributed by atoms with E-state index in [0.29, 0.717) is 49.8 Å². The smallest absolute Gasteiger partial charge is 0.293 e. The van der Waals surface area contributed by atoms with E-state index in [1.165, 1.54) is 6.07 Å². The molecule has 2 aromatic carbocycles. The van der Waals surface area contributed by atoms with Crippen LogP contribution in [0.25, 0.3) is 0 Å². The molecule has 1 saturated heterocycles. The van der Waals surface area contributed by atoms with E-state index in [4.69, 9.17) is 9.47 Å². The summed E-state index contributed by atoms with van der Waals surface area (Å²) in [6.07, 6.45) is 1.52. The number of anilines is 1. The Balaban J connectivity index is 1.29. The van der Waals surface area contributed by atoms with Crippen LogP contribution in [0.1, 0.15) is 34.0 Å². The van der Waals surface area contributed by atoms with Crippen molar-refractivity contribution in [2.45, 2.75) is 25.3 Å². The Hall–Kier alpha value is -4.34. The minimum Gasteiger partial charge on any atom is -0.493 e. The Bertz CT molecular complexity index is 1440. The monoisotopic (exact) mass is 518 g/mol. The first kappa shape index (κ1) is 25.3. The zero-order valence-electron chi connectivity index (χ0n) is 21.4. The van der Waals surface area contributed by atoms with Gasteiger partial charge in [-0.1, -0.05) is 12.1 Å². The zero-order valence-corrected chi connectivity index (χ0v) is 21.4. The molecule has 1 N–H and O–H groups in total. The Morgan fingerprint density at radius 3 is 2.63 bits per heavy atom. The third-order valence-corrected chi connectivity index (χ3v) is 7.40. The quantitative estimate of drug-likeness (QED) is 0.359. The zero-order chi connectivity index (χ0) is 26.8. The van der Waals surface area contributed by atoms with E-state index in [0.717, 1.165) is 17.7 Å². The molecule has 2 bridgehead atoms. The van der Waals surface area contributed by atoms with Gasteiger partial charge in [-0.3, -0.25) is 19.7 Å². The van der Waals surface area contributed by atoms with Crippen LogP contribution in [0.5, 0.6) is 11.5 Å². The lowest BCUT2D eigenvalue weighted by Crippen LogP contribution is -2.47. The molecule has 3 heterocycles. The molecule has 1 aromatic heterocycles. The molecule has 2 atom stereocenters. The number of pyridine rings is 1. The lowest BCUT2D eigenvalue weighted by Gasteiger charge is -2.43. The largest absolute Gasteiger partial charge is 0.493 e. The maximum atomic E-state index is 12.8. The Morgan fingerprint density at radius 2 is 1.87 bits per heavy atom. The number of carbonyl (C=O) groups excluding carboxylic acids is 1. The van der Waals surface area contributed by atoms with Crippen LogP contribution in [0.15, 0.2) is 59.4 Å². The molecule has 0 aliphatic carbocycles. The molecule has 0 saturated carbocycles. The van der Waals surface area contributed by atoms with E-state index in [1.54, 1.807) is 38.5 Å². The lowest BCUT2D eigenvalue weighted by atomic mass is 9.83. The van der Waals surface area contributed by atoms with Crippen LogP contribution in [0.4, 0.5) is 11.4 Å². The number of ether oxygens (including phenoxy) is 2. The summed E-state index contributed by atoms with van der Waals surface area (Å²) in [5.41, 5.74) is 2.58. The Morgan fingerprint density at radius 1 is 1.05 bits per heavy atom. The topological polar surface area (TPSA) is 116 Å². The average molecular weight is 519 g/mol. The molecule has 5 rings (SSSR count). The van der Waals surface area contributed by atoms with Crippen molar-refractivity contribution in [1.29, 1.82) is 0 Å². The Labute approximate surface area is 219 Å². The van der Waals surface area contributed by atoms with Crippen molar-refractivity contribution >= 4 is 17.3 Å². The number of rotatable bonds is 8. The van der Waals surface area contributed by atoms with Gasteiger partial charge >= 0.3 is 0 Å². The summed E-state index contributed by atoms with van der Waals surface area (Å²) in [6.45, 7) is 2.17. The van der Waals surface area contributed by atoms with Gasteiger partial charge in [0, 0.05) is 55.5 Å². The predicted molar refractivity (Wildman–Crippen MR) is 142 cm³/mol. The number of methoxy groups -OCH3 is 2. The summed E-state index contributed by atoms with van der Waals surface area (Å²) in [7, 11) is 3.14. The van der Waals surface area contributed by atoms with E-state index in [1.807, 2.05) is 33.7 Å². The van der Waals surface area contributed by atoms with Crippen molar-refractivity contribution < 1.29 is 19.2 Å². The summed E-state index contributed by atoms with van der Waals surface area (Å²) >= 11 is 0. The van der Waals surface area contributed by atoms with Gasteiger partial charge in [0.2, 0.25) is 0 Å². The number of nitro groups is 1. The van der Waals surface area contributed by atoms with Gasteiger partial charge < -0.3 is 24.3 Å². The van der Waals surface area contributed by atoms with Gasteiger partial charge in [-0.25, -0.2) is 0 Å². The second kappa shape index (κ2) is 10.6. The van der Waals surface area contributed by atoms with E-state index in [9.17, 15) is 19.7 Å². The van der Waals surface area contributed by atoms with Crippen molar-refractivity contribution in [2.75, 3.05) is 38.8 Å². The number of nitro benzene ring substituents is 1. The van der Waals surface area contributed by atoms with Crippen LogP contribution in [-0.4, -0.2) is 49.3 Å². The minimum atomic E-state index is -0.432. The van der Waals surface area contributed by atoms with Crippen LogP contribution < -0.4 is 25.2 Å². The number of carbonyl (C=O) groups is 1. The van der Waals surface area contributed by atoms with E-state index in [-0.39, 0.29) is 34.6 Å². The third-order valence-electron chi connectivity index (χ3n) is 7.40. The average Bonchev–Trinajstić information content (AvgIpc) is 2.93. The van der Waals surface area contributed by atoms with Gasteiger partial charge in [-0.2, -0.15) is 0 Å². The number of hydrogen-bond acceptors (Lipinski definition) is 7. The fourth-order valence-corrected chi connectivity index (χ4v) is 5.63. The second-order valence-corrected chi connectivity index (χ2v) is 9.76. The van der Waals surface area contributed by atoms with Crippen molar-refractivity contribution in [3.05, 3.63) is 91.9 Å². The molecule has 3 aromatic rings. The number of piperidine rings is 1. The molecule has 0 spiro atoms. The van der Waals surface area contributed by atoms with Crippen LogP contribution >= 0.6 is 0 Å². The lowest BCUT2D eigenvalue weighted by molar-refractivity contribution is -0.384. The highest BCUT2D eigenvalue weighted by atomic mass is 16.6. The minimum absolute atomic E-state index is 0.00174. The first-order valence-corrected chi connectivity index (χ1v) is 12.6. The van der Waals surface area contributed by atoms with Crippen molar-refractivity contribution in [3.8, 4) is 11.5 Å². The van der Waals surface area contributed by atoms with Gasteiger partial charge in [-0.15, -0.1) is 0 Å². The number of amides is 1. The molecule has 10 heteroatoms. The van der Waals surface area contributed by atoms with E-state index < -0.39 is 4.92 Å². The van der Waals surface area contributed by atoms with Gasteiger partial charge in [0.05, 0.1) is 19.1 Å². The number of hydrogen-bond donors (Lipinski definition) is 1. The van der Waals surface area contributed by atoms with Crippen LogP contribution in [0.2, 0.25) is 0 Å². The van der Waals surface area contributed by atoms with E-state index in [2.05, 4.69) is 5.32 Å². The summed E-state index contributed by atoms with van der Waals surface area (Å²) in [5, 5.41) is 14.9. The van der Waals surface area contributed by atoms with Gasteiger partial charge in [0.25, 0.3) is 17.2 Å². The molecule has 0 radical (unpaired) electrons. The highest BCUT2D eigenvalue weighted by Gasteiger charge is 2.36. The maximum absolute atomic E-state index is 12.8. The highest BCUT2D eigenvalue weighted by molar-refractivity contribution is 5.95. The highest BCUT2D eigenvalue weighted by Crippen LogP contribution is 2.39. The van der Waals surface area contributed by atoms with Crippen LogP contribution in [0, 0.1) is 16.0 Å². The normalized spacial score (nSPS) is 17.9. The summed E-state index contributed by atoms with van der Waals surface area (Å²) in [6, 6.07) is 15.5. The number of benzene rings is 2. The molecule has 2 aliphatic rings.